The van der Waals surface area contributed by atoms with Gasteiger partial charge in [-0.05, 0) is 55.4 Å². The second-order valence-corrected chi connectivity index (χ2v) is 20.0. The van der Waals surface area contributed by atoms with E-state index in [1.165, 1.54) is 23.5 Å². The van der Waals surface area contributed by atoms with E-state index in [0.29, 0.717) is 35.6 Å². The van der Waals surface area contributed by atoms with Gasteiger partial charge in [0.1, 0.15) is 58.2 Å². The van der Waals surface area contributed by atoms with Crippen molar-refractivity contribution < 1.29 is 37.8 Å². The molecule has 342 valence electrons. The van der Waals surface area contributed by atoms with Crippen molar-refractivity contribution in [3.63, 3.8) is 0 Å². The average Bonchev–Trinajstić information content (AvgIpc) is 4.02. The standard InChI is InChI=1S/C44H56N10O8S2/c1-9-45-37(57)31(49-35(55)27-23(3)61-53-29(27)25-17-13-11-14-18-25)41-51-33(43(5,6)63-41)39(59)47-21-22-48-40(60)34-44(7,8)64-42(52-34)32(38(58)46-10-2)50-36(56)28-24(4)62-54-30(28)26-19-15-12-16-20-26/h11-20,31-34,41-42,51-52H,9-10,21-22H2,1-8H3,(H,45,57)(H,46,58)(H,47,59)(H,48,60)(H,49,55)(H,50,56)/t31-,32-,33+,34?,41-,42-/m1/s1. The van der Waals surface area contributed by atoms with Gasteiger partial charge in [0.25, 0.3) is 11.8 Å². The van der Waals surface area contributed by atoms with Gasteiger partial charge in [-0.15, -0.1) is 23.5 Å². The number of benzene rings is 2. The van der Waals surface area contributed by atoms with E-state index in [4.69, 9.17) is 9.05 Å². The molecule has 18 nitrogen and oxygen atoms in total. The van der Waals surface area contributed by atoms with E-state index >= 15 is 0 Å². The van der Waals surface area contributed by atoms with Gasteiger partial charge in [-0.25, -0.2) is 0 Å². The fourth-order valence-corrected chi connectivity index (χ4v) is 10.7. The Labute approximate surface area is 380 Å². The summed E-state index contributed by atoms with van der Waals surface area (Å²) < 4.78 is 9.35. The highest BCUT2D eigenvalue weighted by atomic mass is 32.2. The number of aromatic nitrogens is 2. The van der Waals surface area contributed by atoms with Crippen LogP contribution in [0.3, 0.4) is 0 Å². The van der Waals surface area contributed by atoms with E-state index in [-0.39, 0.29) is 47.6 Å². The third-order valence-electron chi connectivity index (χ3n) is 10.9. The Morgan fingerprint density at radius 3 is 1.31 bits per heavy atom. The van der Waals surface area contributed by atoms with Crippen molar-refractivity contribution in [2.24, 2.45) is 0 Å². The molecule has 6 rings (SSSR count). The molecular weight excluding hydrogens is 861 g/mol. The van der Waals surface area contributed by atoms with Crippen molar-refractivity contribution in [2.45, 2.75) is 99.8 Å². The van der Waals surface area contributed by atoms with Crippen molar-refractivity contribution in [1.82, 2.24) is 52.8 Å². The Morgan fingerprint density at radius 2 is 0.969 bits per heavy atom. The molecule has 8 N–H and O–H groups in total. The van der Waals surface area contributed by atoms with Crippen LogP contribution in [0.15, 0.2) is 69.7 Å². The Kier molecular flexibility index (Phi) is 15.2. The molecule has 0 aliphatic carbocycles. The van der Waals surface area contributed by atoms with E-state index in [1.54, 1.807) is 52.0 Å². The largest absolute Gasteiger partial charge is 0.360 e. The van der Waals surface area contributed by atoms with Crippen molar-refractivity contribution in [3.05, 3.63) is 83.3 Å². The van der Waals surface area contributed by atoms with Crippen LogP contribution in [0, 0.1) is 13.8 Å². The van der Waals surface area contributed by atoms with Crippen molar-refractivity contribution in [3.8, 4) is 22.5 Å². The molecule has 0 saturated carbocycles. The molecule has 0 radical (unpaired) electrons. The molecule has 20 heteroatoms. The van der Waals surface area contributed by atoms with Crippen LogP contribution in [0.25, 0.3) is 22.5 Å². The van der Waals surface area contributed by atoms with Crippen molar-refractivity contribution in [1.29, 1.82) is 0 Å². The summed E-state index contributed by atoms with van der Waals surface area (Å²) in [6, 6.07) is 14.5. The molecule has 2 aliphatic rings. The Balaban J connectivity index is 1.06. The number of rotatable bonds is 17. The van der Waals surface area contributed by atoms with Crippen LogP contribution < -0.4 is 42.5 Å². The minimum absolute atomic E-state index is 0.0861. The number of thioether (sulfide) groups is 2. The maximum atomic E-state index is 13.8. The summed E-state index contributed by atoms with van der Waals surface area (Å²) in [5.74, 6) is -2.09. The Hall–Kier alpha value is -5.70. The molecule has 6 atom stereocenters. The highest BCUT2D eigenvalue weighted by Crippen LogP contribution is 2.41. The van der Waals surface area contributed by atoms with Gasteiger partial charge in [0.2, 0.25) is 23.6 Å². The normalized spacial score (nSPS) is 20.7. The third-order valence-corrected chi connectivity index (χ3v) is 13.9. The molecule has 2 aromatic heterocycles. The zero-order valence-electron chi connectivity index (χ0n) is 37.0. The molecule has 2 aromatic carbocycles. The number of amides is 6. The molecule has 0 bridgehead atoms. The smallest absolute Gasteiger partial charge is 0.257 e. The van der Waals surface area contributed by atoms with Crippen molar-refractivity contribution in [2.75, 3.05) is 26.2 Å². The summed E-state index contributed by atoms with van der Waals surface area (Å²) in [6.07, 6.45) is 0. The first-order valence-corrected chi connectivity index (χ1v) is 22.9. The predicted octanol–water partition coefficient (Wildman–Crippen LogP) is 2.63. The molecule has 2 fully saturated rings. The molecule has 4 aromatic rings. The minimum atomic E-state index is -1.07. The fourth-order valence-electron chi connectivity index (χ4n) is 7.69. The number of nitrogens with zero attached hydrogens (tertiary/aromatic N) is 2. The summed E-state index contributed by atoms with van der Waals surface area (Å²) in [5.41, 5.74) is 2.45. The first kappa shape index (κ1) is 47.8. The van der Waals surface area contributed by atoms with Crippen LogP contribution in [0.2, 0.25) is 0 Å². The van der Waals surface area contributed by atoms with Gasteiger partial charge in [0.15, 0.2) is 0 Å². The van der Waals surface area contributed by atoms with Crippen LogP contribution in [-0.2, 0) is 19.2 Å². The number of aryl methyl sites for hydroxylation is 2. The molecule has 64 heavy (non-hydrogen) atoms. The summed E-state index contributed by atoms with van der Waals surface area (Å²) in [6.45, 7) is 15.1. The van der Waals surface area contributed by atoms with E-state index in [0.717, 1.165) is 0 Å². The van der Waals surface area contributed by atoms with E-state index in [9.17, 15) is 28.8 Å². The second-order valence-electron chi connectivity index (χ2n) is 16.4. The van der Waals surface area contributed by atoms with Gasteiger partial charge in [-0.2, -0.15) is 0 Å². The number of hydrogen-bond donors (Lipinski definition) is 8. The van der Waals surface area contributed by atoms with Gasteiger partial charge in [-0.1, -0.05) is 71.0 Å². The van der Waals surface area contributed by atoms with Gasteiger partial charge in [0.05, 0.1) is 10.7 Å². The summed E-state index contributed by atoms with van der Waals surface area (Å²) in [5, 5.41) is 30.5. The van der Waals surface area contributed by atoms with Crippen LogP contribution in [0.1, 0.15) is 73.8 Å². The second kappa shape index (κ2) is 20.4. The maximum absolute atomic E-state index is 13.8. The summed E-state index contributed by atoms with van der Waals surface area (Å²) in [4.78, 5) is 82.0. The average molecular weight is 917 g/mol. The van der Waals surface area contributed by atoms with Crippen LogP contribution in [-0.4, -0.2) is 116 Å². The third kappa shape index (κ3) is 10.6. The van der Waals surface area contributed by atoms with E-state index < -0.39 is 68.0 Å². The Morgan fingerprint density at radius 1 is 0.609 bits per heavy atom. The molecular formula is C44H56N10O8S2. The molecule has 0 spiro atoms. The lowest BCUT2D eigenvalue weighted by Crippen LogP contribution is -2.58. The first-order chi connectivity index (χ1) is 30.5. The zero-order chi connectivity index (χ0) is 46.3. The van der Waals surface area contributed by atoms with E-state index in [1.807, 2.05) is 64.1 Å². The molecule has 6 amide bonds. The lowest BCUT2D eigenvalue weighted by Gasteiger charge is -2.25. The SMILES string of the molecule is CCNC(=O)[C@@H](NC(=O)c1c(-c2ccccc2)noc1C)[C@@H]1NC(C(=O)NCCNC(=O)[C@@H]2N[C@@H]([C@H](NC(=O)c3c(-c4ccccc4)noc3C)C(=O)NCC)SC2(C)C)C(C)(C)S1. The van der Waals surface area contributed by atoms with Gasteiger partial charge in [0, 0.05) is 46.8 Å². The Bertz CT molecular complexity index is 2180. The quantitative estimate of drug-likeness (QED) is 0.0710. The van der Waals surface area contributed by atoms with Crippen LogP contribution in [0.4, 0.5) is 0 Å². The van der Waals surface area contributed by atoms with E-state index in [2.05, 4.69) is 52.8 Å². The number of hydrogen-bond acceptors (Lipinski definition) is 14. The van der Waals surface area contributed by atoms with Gasteiger partial charge >= 0.3 is 0 Å². The predicted molar refractivity (Wildman–Crippen MR) is 244 cm³/mol. The lowest BCUT2D eigenvalue weighted by molar-refractivity contribution is -0.126. The highest BCUT2D eigenvalue weighted by molar-refractivity contribution is 8.01. The molecule has 2 aliphatic heterocycles. The fraction of sp³-hybridized carbons (Fsp3) is 0.455. The first-order valence-electron chi connectivity index (χ1n) is 21.1. The molecule has 4 heterocycles. The van der Waals surface area contributed by atoms with Crippen molar-refractivity contribution >= 4 is 59.0 Å². The highest BCUT2D eigenvalue weighted by Gasteiger charge is 2.51. The van der Waals surface area contributed by atoms with Gasteiger partial charge in [-0.3, -0.25) is 39.4 Å². The number of nitrogens with one attached hydrogen (secondary N) is 8. The number of carbonyl (C=O) groups excluding carboxylic acids is 6. The monoisotopic (exact) mass is 916 g/mol. The summed E-state index contributed by atoms with van der Waals surface area (Å²) in [7, 11) is 0. The number of likely N-dealkylation sites (N-methyl/N-ethyl adjacent to an activating group) is 2. The summed E-state index contributed by atoms with van der Waals surface area (Å²) >= 11 is 2.70. The maximum Gasteiger partial charge on any atom is 0.257 e. The van der Waals surface area contributed by atoms with Crippen LogP contribution >= 0.6 is 23.5 Å². The topological polar surface area (TPSA) is 251 Å². The van der Waals surface area contributed by atoms with Crippen LogP contribution in [0.5, 0.6) is 0 Å². The lowest BCUT2D eigenvalue weighted by atomic mass is 10.0. The van der Waals surface area contributed by atoms with Gasteiger partial charge < -0.3 is 40.9 Å². The molecule has 1 unspecified atom stereocenters. The zero-order valence-corrected chi connectivity index (χ0v) is 38.7. The molecule has 2 saturated heterocycles. The number of carbonyl (C=O) groups is 6. The minimum Gasteiger partial charge on any atom is -0.360 e.